The zero-order valence-electron chi connectivity index (χ0n) is 17.2. The fourth-order valence-electron chi connectivity index (χ4n) is 2.74. The molecule has 32 heavy (non-hydrogen) atoms. The molecule has 0 unspecified atom stereocenters. The van der Waals surface area contributed by atoms with Gasteiger partial charge in [-0.3, -0.25) is 4.79 Å². The summed E-state index contributed by atoms with van der Waals surface area (Å²) in [5, 5.41) is 14.0. The summed E-state index contributed by atoms with van der Waals surface area (Å²) in [6.07, 6.45) is 1.37. The van der Waals surface area contributed by atoms with Gasteiger partial charge in [-0.2, -0.15) is 10.4 Å². The van der Waals surface area contributed by atoms with Crippen molar-refractivity contribution in [1.82, 2.24) is 10.4 Å². The second-order valence-electron chi connectivity index (χ2n) is 6.51. The number of hydrazone groups is 1. The van der Waals surface area contributed by atoms with Crippen molar-refractivity contribution in [2.75, 3.05) is 13.7 Å². The zero-order chi connectivity index (χ0) is 23.1. The number of amides is 1. The number of ether oxygens (including phenoxy) is 2. The number of nitrogens with zero attached hydrogens (tertiary/aromatic N) is 3. The summed E-state index contributed by atoms with van der Waals surface area (Å²) >= 11 is 9.29. The van der Waals surface area contributed by atoms with Gasteiger partial charge in [-0.15, -0.1) is 0 Å². The van der Waals surface area contributed by atoms with E-state index in [1.165, 1.54) is 13.3 Å². The van der Waals surface area contributed by atoms with Gasteiger partial charge in [-0.25, -0.2) is 10.4 Å². The molecular weight excluding hydrogens is 500 g/mol. The van der Waals surface area contributed by atoms with Crippen LogP contribution in [-0.2, 0) is 16.1 Å². The Bertz CT molecular complexity index is 1190. The molecule has 2 heterocycles. The minimum atomic E-state index is -0.523. The third kappa shape index (κ3) is 5.73. The highest BCUT2D eigenvalue weighted by Gasteiger charge is 2.18. The van der Waals surface area contributed by atoms with E-state index in [1.807, 2.05) is 18.2 Å². The molecule has 0 saturated heterocycles. The van der Waals surface area contributed by atoms with Gasteiger partial charge in [0, 0.05) is 27.7 Å². The van der Waals surface area contributed by atoms with Crippen molar-refractivity contribution >= 4 is 39.7 Å². The molecule has 3 aromatic rings. The van der Waals surface area contributed by atoms with E-state index in [2.05, 4.69) is 31.4 Å². The number of aromatic nitrogens is 1. The standard InChI is InChI=1S/C22H18BrClN4O4/c1-13-21(23)18(11-30-2)17(9-25)22(27-13)31-12-20(29)28-26-10-16-7-8-19(32-16)14-3-5-15(24)6-4-14/h3-8,10H,11-12H2,1-2H3,(H,28,29)/b26-10+. The van der Waals surface area contributed by atoms with Gasteiger partial charge in [-0.1, -0.05) is 11.6 Å². The molecule has 8 nitrogen and oxygen atoms in total. The number of aryl methyl sites for hydroxylation is 1. The second-order valence-corrected chi connectivity index (χ2v) is 7.73. The smallest absolute Gasteiger partial charge is 0.278 e. The van der Waals surface area contributed by atoms with E-state index in [1.54, 1.807) is 31.2 Å². The molecule has 1 amide bonds. The molecule has 0 radical (unpaired) electrons. The Morgan fingerprint density at radius 1 is 1.34 bits per heavy atom. The number of carbonyl (C=O) groups excluding carboxylic acids is 1. The lowest BCUT2D eigenvalue weighted by molar-refractivity contribution is -0.123. The largest absolute Gasteiger partial charge is 0.467 e. The highest BCUT2D eigenvalue weighted by atomic mass is 79.9. The van der Waals surface area contributed by atoms with Gasteiger partial charge in [-0.05, 0) is 59.3 Å². The maximum Gasteiger partial charge on any atom is 0.278 e. The fourth-order valence-corrected chi connectivity index (χ4v) is 3.27. The Morgan fingerprint density at radius 3 is 2.78 bits per heavy atom. The van der Waals surface area contributed by atoms with E-state index in [4.69, 9.17) is 25.5 Å². The molecular formula is C22H18BrClN4O4. The summed E-state index contributed by atoms with van der Waals surface area (Å²) in [5.74, 6) is 0.631. The molecule has 0 fully saturated rings. The molecule has 0 aliphatic heterocycles. The van der Waals surface area contributed by atoms with Crippen LogP contribution in [0.3, 0.4) is 0 Å². The number of hydrogen-bond acceptors (Lipinski definition) is 7. The number of methoxy groups -OCH3 is 1. The van der Waals surface area contributed by atoms with E-state index in [9.17, 15) is 10.1 Å². The lowest BCUT2D eigenvalue weighted by atomic mass is 10.1. The Kier molecular flexibility index (Phi) is 8.00. The monoisotopic (exact) mass is 516 g/mol. The molecule has 0 spiro atoms. The van der Waals surface area contributed by atoms with Crippen LogP contribution in [-0.4, -0.2) is 30.8 Å². The normalized spacial score (nSPS) is 10.8. The van der Waals surface area contributed by atoms with E-state index in [0.29, 0.717) is 32.3 Å². The second kappa shape index (κ2) is 10.9. The molecule has 164 valence electrons. The molecule has 2 aromatic heterocycles. The molecule has 0 aliphatic carbocycles. The third-order valence-corrected chi connectivity index (χ3v) is 5.55. The maximum atomic E-state index is 12.1. The summed E-state index contributed by atoms with van der Waals surface area (Å²) in [5.41, 5.74) is 4.62. The van der Waals surface area contributed by atoms with E-state index in [-0.39, 0.29) is 24.7 Å². The van der Waals surface area contributed by atoms with E-state index >= 15 is 0 Å². The van der Waals surface area contributed by atoms with E-state index < -0.39 is 5.91 Å². The number of halogens is 2. The number of furan rings is 1. The van der Waals surface area contributed by atoms with Crippen LogP contribution in [0, 0.1) is 18.3 Å². The molecule has 1 aromatic carbocycles. The highest BCUT2D eigenvalue weighted by Crippen LogP contribution is 2.30. The molecule has 0 bridgehead atoms. The lowest BCUT2D eigenvalue weighted by Crippen LogP contribution is -2.25. The number of carbonyl (C=O) groups is 1. The number of hydrogen-bond donors (Lipinski definition) is 1. The summed E-state index contributed by atoms with van der Waals surface area (Å²) in [6.45, 7) is 1.57. The average molecular weight is 518 g/mol. The first kappa shape index (κ1) is 23.5. The zero-order valence-corrected chi connectivity index (χ0v) is 19.5. The average Bonchev–Trinajstić information content (AvgIpc) is 3.25. The van der Waals surface area contributed by atoms with Crippen molar-refractivity contribution in [3.8, 4) is 23.3 Å². The quantitative estimate of drug-likeness (QED) is 0.345. The Balaban J connectivity index is 1.60. The summed E-state index contributed by atoms with van der Waals surface area (Å²) in [7, 11) is 1.52. The van der Waals surface area contributed by atoms with Gasteiger partial charge < -0.3 is 13.9 Å². The van der Waals surface area contributed by atoms with Crippen LogP contribution >= 0.6 is 27.5 Å². The van der Waals surface area contributed by atoms with Crippen molar-refractivity contribution in [3.63, 3.8) is 0 Å². The Labute approximate surface area is 197 Å². The minimum Gasteiger partial charge on any atom is -0.467 e. The van der Waals surface area contributed by atoms with Crippen LogP contribution in [0.15, 0.2) is 50.4 Å². The first-order chi connectivity index (χ1) is 15.4. The first-order valence-corrected chi connectivity index (χ1v) is 10.5. The van der Waals surface area contributed by atoms with E-state index in [0.717, 1.165) is 5.56 Å². The number of nitriles is 1. The number of rotatable bonds is 8. The maximum absolute atomic E-state index is 12.1. The molecule has 3 rings (SSSR count). The molecule has 1 N–H and O–H groups in total. The third-order valence-electron chi connectivity index (χ3n) is 4.24. The van der Waals surface area contributed by atoms with Gasteiger partial charge in [0.2, 0.25) is 5.88 Å². The fraction of sp³-hybridized carbons (Fsp3) is 0.182. The summed E-state index contributed by atoms with van der Waals surface area (Å²) < 4.78 is 16.9. The van der Waals surface area contributed by atoms with Crippen LogP contribution in [0.2, 0.25) is 5.02 Å². The van der Waals surface area contributed by atoms with Gasteiger partial charge in [0.15, 0.2) is 6.61 Å². The Hall–Kier alpha value is -3.19. The summed E-state index contributed by atoms with van der Waals surface area (Å²) in [4.78, 5) is 16.3. The van der Waals surface area contributed by atoms with Crippen LogP contribution in [0.1, 0.15) is 22.6 Å². The van der Waals surface area contributed by atoms with Gasteiger partial charge in [0.25, 0.3) is 5.91 Å². The van der Waals surface area contributed by atoms with Gasteiger partial charge in [0.05, 0.1) is 18.5 Å². The number of nitrogens with one attached hydrogen (secondary N) is 1. The van der Waals surface area contributed by atoms with Crippen molar-refractivity contribution in [1.29, 1.82) is 5.26 Å². The van der Waals surface area contributed by atoms with Crippen molar-refractivity contribution < 1.29 is 18.7 Å². The van der Waals surface area contributed by atoms with Crippen LogP contribution < -0.4 is 10.2 Å². The molecule has 0 saturated carbocycles. The van der Waals surface area contributed by atoms with Crippen LogP contribution in [0.4, 0.5) is 0 Å². The predicted molar refractivity (Wildman–Crippen MR) is 122 cm³/mol. The Morgan fingerprint density at radius 2 is 2.09 bits per heavy atom. The topological polar surface area (TPSA) is 110 Å². The first-order valence-electron chi connectivity index (χ1n) is 9.31. The SMILES string of the molecule is COCc1c(Br)c(C)nc(OCC(=O)N/N=C/c2ccc(-c3ccc(Cl)cc3)o2)c1C#N. The van der Waals surface area contributed by atoms with Crippen LogP contribution in [0.5, 0.6) is 5.88 Å². The van der Waals surface area contributed by atoms with Crippen molar-refractivity contribution in [2.24, 2.45) is 5.10 Å². The molecule has 0 atom stereocenters. The summed E-state index contributed by atoms with van der Waals surface area (Å²) in [6, 6.07) is 12.8. The van der Waals surface area contributed by atoms with Gasteiger partial charge in [0.1, 0.15) is 23.2 Å². The van der Waals surface area contributed by atoms with Crippen molar-refractivity contribution in [2.45, 2.75) is 13.5 Å². The number of benzene rings is 1. The lowest BCUT2D eigenvalue weighted by Gasteiger charge is -2.13. The molecule has 0 aliphatic rings. The minimum absolute atomic E-state index is 0.0537. The highest BCUT2D eigenvalue weighted by molar-refractivity contribution is 9.10. The predicted octanol–water partition coefficient (Wildman–Crippen LogP) is 4.61. The van der Waals surface area contributed by atoms with Gasteiger partial charge >= 0.3 is 0 Å². The van der Waals surface area contributed by atoms with Crippen LogP contribution in [0.25, 0.3) is 11.3 Å². The molecule has 10 heteroatoms. The number of pyridine rings is 1. The van der Waals surface area contributed by atoms with Crippen molar-refractivity contribution in [3.05, 3.63) is 68.5 Å².